The maximum absolute atomic E-state index is 13.8. The molecule has 0 spiro atoms. The van der Waals surface area contributed by atoms with Crippen molar-refractivity contribution in [2.45, 2.75) is 63.5 Å². The first-order valence-electron chi connectivity index (χ1n) is 14.0. The maximum Gasteiger partial charge on any atom is 0.252 e. The molecule has 0 radical (unpaired) electrons. The lowest BCUT2D eigenvalue weighted by atomic mass is 9.95. The van der Waals surface area contributed by atoms with Crippen molar-refractivity contribution in [3.8, 4) is 0 Å². The number of nitrogens with zero attached hydrogens (tertiary/aromatic N) is 2. The van der Waals surface area contributed by atoms with E-state index in [4.69, 9.17) is 23.2 Å². The van der Waals surface area contributed by atoms with E-state index in [2.05, 4.69) is 46.7 Å². The van der Waals surface area contributed by atoms with E-state index >= 15 is 0 Å². The summed E-state index contributed by atoms with van der Waals surface area (Å²) in [7, 11) is 0. The van der Waals surface area contributed by atoms with Crippen LogP contribution in [-0.2, 0) is 4.79 Å². The summed E-state index contributed by atoms with van der Waals surface area (Å²) in [5.41, 5.74) is 1.67. The van der Waals surface area contributed by atoms with E-state index < -0.39 is 0 Å². The zero-order valence-electron chi connectivity index (χ0n) is 22.3. The van der Waals surface area contributed by atoms with Gasteiger partial charge in [0.2, 0.25) is 5.91 Å². The van der Waals surface area contributed by atoms with Crippen LogP contribution in [0.2, 0.25) is 10.0 Å². The standard InChI is InChI=1S/C30H40Cl2N4O2/c1-2-22(23-9-5-3-6-10-23)21-36-18-13-25(20-33-29(37)26-12-11-24(31)19-27(26)32)34-28(30(36)38)14-17-35-15-7-4-8-16-35/h3,5-6,9-12,19,22,25,28,34H,2,4,7-8,13-18,20-21H2,1H3,(H,33,37)/t22-,25-,28-/m1/s1. The number of benzene rings is 2. The topological polar surface area (TPSA) is 64.7 Å². The molecule has 6 nitrogen and oxygen atoms in total. The molecule has 2 fully saturated rings. The third-order valence-electron chi connectivity index (χ3n) is 7.87. The Balaban J connectivity index is 1.43. The highest BCUT2D eigenvalue weighted by Crippen LogP contribution is 2.24. The predicted octanol–water partition coefficient (Wildman–Crippen LogP) is 5.35. The quantitative estimate of drug-likeness (QED) is 0.412. The summed E-state index contributed by atoms with van der Waals surface area (Å²) in [6.45, 7) is 7.11. The fourth-order valence-corrected chi connectivity index (χ4v) is 6.07. The summed E-state index contributed by atoms with van der Waals surface area (Å²) in [6, 6.07) is 15.1. The largest absolute Gasteiger partial charge is 0.350 e. The first kappa shape index (κ1) is 28.9. The molecule has 2 aromatic carbocycles. The molecule has 2 N–H and O–H groups in total. The molecule has 0 aromatic heterocycles. The van der Waals surface area contributed by atoms with Crippen molar-refractivity contribution in [3.05, 3.63) is 69.7 Å². The summed E-state index contributed by atoms with van der Waals surface area (Å²) in [5.74, 6) is 0.234. The van der Waals surface area contributed by atoms with Gasteiger partial charge >= 0.3 is 0 Å². The second-order valence-corrected chi connectivity index (χ2v) is 11.4. The molecule has 206 valence electrons. The average Bonchev–Trinajstić information content (AvgIpc) is 3.08. The number of hydrogen-bond donors (Lipinski definition) is 2. The summed E-state index contributed by atoms with van der Waals surface area (Å²) < 4.78 is 0. The van der Waals surface area contributed by atoms with E-state index in [1.165, 1.54) is 24.8 Å². The second kappa shape index (κ2) is 14.3. The lowest BCUT2D eigenvalue weighted by Crippen LogP contribution is -2.50. The van der Waals surface area contributed by atoms with E-state index in [1.54, 1.807) is 18.2 Å². The fraction of sp³-hybridized carbons (Fsp3) is 0.533. The van der Waals surface area contributed by atoms with Gasteiger partial charge < -0.3 is 20.4 Å². The number of amides is 2. The van der Waals surface area contributed by atoms with Crippen molar-refractivity contribution in [2.24, 2.45) is 0 Å². The lowest BCUT2D eigenvalue weighted by Gasteiger charge is -2.31. The Morgan fingerprint density at radius 2 is 1.84 bits per heavy atom. The molecule has 8 heteroatoms. The number of carbonyl (C=O) groups excluding carboxylic acids is 2. The van der Waals surface area contributed by atoms with E-state index in [1.807, 2.05) is 11.0 Å². The maximum atomic E-state index is 13.8. The predicted molar refractivity (Wildman–Crippen MR) is 155 cm³/mol. The van der Waals surface area contributed by atoms with Crippen LogP contribution in [0.5, 0.6) is 0 Å². The van der Waals surface area contributed by atoms with Crippen molar-refractivity contribution < 1.29 is 9.59 Å². The molecule has 38 heavy (non-hydrogen) atoms. The van der Waals surface area contributed by atoms with Crippen LogP contribution in [0.15, 0.2) is 48.5 Å². The first-order valence-corrected chi connectivity index (χ1v) is 14.8. The van der Waals surface area contributed by atoms with Crippen LogP contribution in [0.1, 0.15) is 67.3 Å². The van der Waals surface area contributed by atoms with Gasteiger partial charge in [0.15, 0.2) is 0 Å². The highest BCUT2D eigenvalue weighted by atomic mass is 35.5. The van der Waals surface area contributed by atoms with Crippen LogP contribution in [0, 0.1) is 0 Å². The minimum atomic E-state index is -0.270. The van der Waals surface area contributed by atoms with Crippen molar-refractivity contribution >= 4 is 35.0 Å². The summed E-state index contributed by atoms with van der Waals surface area (Å²) in [6.07, 6.45) is 6.27. The molecular weight excluding hydrogens is 519 g/mol. The average molecular weight is 560 g/mol. The Bertz CT molecular complexity index is 1060. The smallest absolute Gasteiger partial charge is 0.252 e. The number of rotatable bonds is 10. The van der Waals surface area contributed by atoms with Crippen LogP contribution in [-0.4, -0.2) is 73.0 Å². The Kier molecular flexibility index (Phi) is 10.9. The Hall–Kier alpha value is -2.12. The minimum Gasteiger partial charge on any atom is -0.350 e. The number of piperidine rings is 1. The van der Waals surface area contributed by atoms with E-state index in [0.717, 1.165) is 38.9 Å². The molecule has 2 saturated heterocycles. The summed E-state index contributed by atoms with van der Waals surface area (Å²) >= 11 is 12.2. The van der Waals surface area contributed by atoms with Crippen molar-refractivity contribution in [1.82, 2.24) is 20.4 Å². The zero-order chi connectivity index (χ0) is 26.9. The number of carbonyl (C=O) groups is 2. The molecule has 0 unspecified atom stereocenters. The van der Waals surface area contributed by atoms with Crippen molar-refractivity contribution in [3.63, 3.8) is 0 Å². The number of halogens is 2. The molecule has 3 atom stereocenters. The summed E-state index contributed by atoms with van der Waals surface area (Å²) in [5, 5.41) is 7.45. The molecule has 2 aromatic rings. The second-order valence-electron chi connectivity index (χ2n) is 10.5. The Labute approximate surface area is 237 Å². The van der Waals surface area contributed by atoms with Gasteiger partial charge in [-0.2, -0.15) is 0 Å². The molecule has 4 rings (SSSR count). The highest BCUT2D eigenvalue weighted by Gasteiger charge is 2.32. The Morgan fingerprint density at radius 1 is 1.08 bits per heavy atom. The Morgan fingerprint density at radius 3 is 2.55 bits per heavy atom. The summed E-state index contributed by atoms with van der Waals surface area (Å²) in [4.78, 5) is 31.2. The first-order chi connectivity index (χ1) is 18.4. The van der Waals surface area contributed by atoms with Gasteiger partial charge in [-0.1, -0.05) is 66.9 Å². The normalized spacial score (nSPS) is 21.7. The molecule has 2 heterocycles. The van der Waals surface area contributed by atoms with Gasteiger partial charge in [-0.25, -0.2) is 0 Å². The van der Waals surface area contributed by atoms with Crippen LogP contribution >= 0.6 is 23.2 Å². The molecule has 2 amide bonds. The van der Waals surface area contributed by atoms with Gasteiger partial charge in [-0.05, 0) is 69.0 Å². The minimum absolute atomic E-state index is 0.0119. The van der Waals surface area contributed by atoms with Crippen LogP contribution in [0.4, 0.5) is 0 Å². The molecule has 2 aliphatic heterocycles. The number of likely N-dealkylation sites (tertiary alicyclic amines) is 1. The van der Waals surface area contributed by atoms with E-state index in [9.17, 15) is 9.59 Å². The van der Waals surface area contributed by atoms with Gasteiger partial charge in [0, 0.05) is 43.2 Å². The van der Waals surface area contributed by atoms with Crippen LogP contribution in [0.3, 0.4) is 0 Å². The van der Waals surface area contributed by atoms with Gasteiger partial charge in [0.05, 0.1) is 16.6 Å². The van der Waals surface area contributed by atoms with Crippen molar-refractivity contribution in [1.29, 1.82) is 0 Å². The highest BCUT2D eigenvalue weighted by molar-refractivity contribution is 6.36. The van der Waals surface area contributed by atoms with Gasteiger partial charge in [0.1, 0.15) is 0 Å². The van der Waals surface area contributed by atoms with E-state index in [-0.39, 0.29) is 23.9 Å². The number of nitrogens with one attached hydrogen (secondary N) is 2. The molecule has 2 aliphatic rings. The fourth-order valence-electron chi connectivity index (χ4n) is 5.57. The molecular formula is C30H40Cl2N4O2. The molecule has 0 aliphatic carbocycles. The third-order valence-corrected chi connectivity index (χ3v) is 8.41. The van der Waals surface area contributed by atoms with Gasteiger partial charge in [-0.15, -0.1) is 0 Å². The molecule has 0 bridgehead atoms. The van der Waals surface area contributed by atoms with Crippen molar-refractivity contribution in [2.75, 3.05) is 39.3 Å². The SMILES string of the molecule is CC[C@H](CN1CC[C@H](CNC(=O)c2ccc(Cl)cc2Cl)N[C@H](CCN2CCCCC2)C1=O)c1ccccc1. The van der Waals surface area contributed by atoms with Gasteiger partial charge in [0.25, 0.3) is 5.91 Å². The van der Waals surface area contributed by atoms with Gasteiger partial charge in [-0.3, -0.25) is 9.59 Å². The zero-order valence-corrected chi connectivity index (χ0v) is 23.8. The lowest BCUT2D eigenvalue weighted by molar-refractivity contribution is -0.133. The molecule has 0 saturated carbocycles. The van der Waals surface area contributed by atoms with E-state index in [0.29, 0.717) is 41.2 Å². The number of hydrogen-bond acceptors (Lipinski definition) is 4. The third kappa shape index (κ3) is 7.95. The van der Waals surface area contributed by atoms with Crippen LogP contribution < -0.4 is 10.6 Å². The monoisotopic (exact) mass is 558 g/mol. The van der Waals surface area contributed by atoms with Crippen LogP contribution in [0.25, 0.3) is 0 Å².